The number of aliphatic hydroxyl groups excluding tert-OH is 1. The molecule has 1 aliphatic rings. The van der Waals surface area contributed by atoms with Gasteiger partial charge in [-0.15, -0.1) is 6.58 Å². The smallest absolute Gasteiger partial charge is 0.168 e. The number of nitrogens with zero attached hydrogens (tertiary/aromatic N) is 2. The zero-order valence-corrected chi connectivity index (χ0v) is 11.7. The average Bonchev–Trinajstić information content (AvgIpc) is 2.80. The molecule has 4 heteroatoms. The molecule has 1 aromatic rings. The van der Waals surface area contributed by atoms with E-state index in [9.17, 15) is 5.11 Å². The van der Waals surface area contributed by atoms with Gasteiger partial charge in [-0.25, -0.2) is 4.98 Å². The Labute approximate surface area is 113 Å². The van der Waals surface area contributed by atoms with E-state index in [0.29, 0.717) is 0 Å². The molecule has 0 radical (unpaired) electrons. The molecular weight excluding hydrogens is 244 g/mol. The zero-order chi connectivity index (χ0) is 12.8. The van der Waals surface area contributed by atoms with Crippen LogP contribution in [0, 0.1) is 5.92 Å². The second-order valence-electron chi connectivity index (χ2n) is 4.90. The van der Waals surface area contributed by atoms with Gasteiger partial charge in [-0.3, -0.25) is 0 Å². The van der Waals surface area contributed by atoms with Crippen LogP contribution in [0.4, 0.5) is 0 Å². The van der Waals surface area contributed by atoms with Gasteiger partial charge in [-0.05, 0) is 18.8 Å². The van der Waals surface area contributed by atoms with E-state index >= 15 is 0 Å². The third kappa shape index (κ3) is 3.39. The highest BCUT2D eigenvalue weighted by Crippen LogP contribution is 2.28. The molecule has 1 aromatic heterocycles. The lowest BCUT2D eigenvalue weighted by atomic mass is 9.89. The molecule has 0 bridgehead atoms. The summed E-state index contributed by atoms with van der Waals surface area (Å²) in [6, 6.07) is 0. The van der Waals surface area contributed by atoms with Crippen LogP contribution in [0.15, 0.2) is 24.0 Å². The largest absolute Gasteiger partial charge is 0.390 e. The second-order valence-corrected chi connectivity index (χ2v) is 5.89. The SMILES string of the molecule is C=CCSc1ncc(CO)n1CC1CCCCC1. The van der Waals surface area contributed by atoms with Gasteiger partial charge < -0.3 is 9.67 Å². The highest BCUT2D eigenvalue weighted by molar-refractivity contribution is 7.99. The Morgan fingerprint density at radius 1 is 1.44 bits per heavy atom. The molecule has 0 spiro atoms. The van der Waals surface area contributed by atoms with Crippen LogP contribution in [0.2, 0.25) is 0 Å². The van der Waals surface area contributed by atoms with Crippen molar-refractivity contribution in [3.05, 3.63) is 24.5 Å². The van der Waals surface area contributed by atoms with Crippen molar-refractivity contribution in [3.63, 3.8) is 0 Å². The van der Waals surface area contributed by atoms with E-state index in [2.05, 4.69) is 16.1 Å². The maximum Gasteiger partial charge on any atom is 0.168 e. The van der Waals surface area contributed by atoms with E-state index in [1.54, 1.807) is 18.0 Å². The van der Waals surface area contributed by atoms with Crippen molar-refractivity contribution in [3.8, 4) is 0 Å². The van der Waals surface area contributed by atoms with Gasteiger partial charge in [0.1, 0.15) is 0 Å². The number of imidazole rings is 1. The molecule has 3 nitrogen and oxygen atoms in total. The Balaban J connectivity index is 2.07. The highest BCUT2D eigenvalue weighted by atomic mass is 32.2. The predicted molar refractivity (Wildman–Crippen MR) is 75.6 cm³/mol. The van der Waals surface area contributed by atoms with Crippen LogP contribution in [0.5, 0.6) is 0 Å². The summed E-state index contributed by atoms with van der Waals surface area (Å²) in [5.41, 5.74) is 0.937. The van der Waals surface area contributed by atoms with Crippen LogP contribution in [0.25, 0.3) is 0 Å². The number of rotatable bonds is 6. The lowest BCUT2D eigenvalue weighted by Crippen LogP contribution is -2.16. The van der Waals surface area contributed by atoms with Gasteiger partial charge in [0, 0.05) is 12.3 Å². The van der Waals surface area contributed by atoms with E-state index in [0.717, 1.165) is 29.1 Å². The van der Waals surface area contributed by atoms with Gasteiger partial charge in [-0.1, -0.05) is 37.1 Å². The summed E-state index contributed by atoms with van der Waals surface area (Å²) in [7, 11) is 0. The molecule has 1 fully saturated rings. The Kier molecular flexibility index (Phi) is 5.32. The van der Waals surface area contributed by atoms with E-state index in [4.69, 9.17) is 0 Å². The molecule has 2 rings (SSSR count). The molecule has 0 atom stereocenters. The summed E-state index contributed by atoms with van der Waals surface area (Å²) >= 11 is 1.69. The quantitative estimate of drug-likeness (QED) is 0.634. The van der Waals surface area contributed by atoms with Gasteiger partial charge >= 0.3 is 0 Å². The van der Waals surface area contributed by atoms with Crippen LogP contribution >= 0.6 is 11.8 Å². The van der Waals surface area contributed by atoms with Crippen LogP contribution in [-0.2, 0) is 13.2 Å². The van der Waals surface area contributed by atoms with E-state index in [-0.39, 0.29) is 6.61 Å². The fourth-order valence-corrected chi connectivity index (χ4v) is 3.33. The minimum absolute atomic E-state index is 0.0777. The Morgan fingerprint density at radius 2 is 2.22 bits per heavy atom. The molecule has 0 amide bonds. The zero-order valence-electron chi connectivity index (χ0n) is 10.8. The maximum atomic E-state index is 9.40. The Hall–Kier alpha value is -0.740. The van der Waals surface area contributed by atoms with Crippen LogP contribution in [0.1, 0.15) is 37.8 Å². The van der Waals surface area contributed by atoms with Gasteiger partial charge in [0.25, 0.3) is 0 Å². The number of hydrogen-bond acceptors (Lipinski definition) is 3. The predicted octanol–water partition coefficient (Wildman–Crippen LogP) is 3.23. The van der Waals surface area contributed by atoms with Gasteiger partial charge in [-0.2, -0.15) is 0 Å². The van der Waals surface area contributed by atoms with Crippen molar-refractivity contribution in [1.82, 2.24) is 9.55 Å². The monoisotopic (exact) mass is 266 g/mol. The van der Waals surface area contributed by atoms with E-state index in [1.807, 2.05) is 6.08 Å². The number of thioether (sulfide) groups is 1. The Morgan fingerprint density at radius 3 is 2.89 bits per heavy atom. The second kappa shape index (κ2) is 7.00. The molecule has 100 valence electrons. The third-order valence-corrected chi connectivity index (χ3v) is 4.55. The van der Waals surface area contributed by atoms with Crippen LogP contribution in [-0.4, -0.2) is 20.4 Å². The first-order chi connectivity index (χ1) is 8.85. The van der Waals surface area contributed by atoms with Gasteiger partial charge in [0.2, 0.25) is 0 Å². The Bertz CT molecular complexity index is 383. The van der Waals surface area contributed by atoms with Crippen molar-refractivity contribution < 1.29 is 5.11 Å². The summed E-state index contributed by atoms with van der Waals surface area (Å²) in [4.78, 5) is 4.41. The molecule has 1 saturated carbocycles. The van der Waals surface area contributed by atoms with E-state index < -0.39 is 0 Å². The molecule has 1 heterocycles. The van der Waals surface area contributed by atoms with Crippen LogP contribution in [0.3, 0.4) is 0 Å². The first kappa shape index (κ1) is 13.7. The minimum atomic E-state index is 0.0777. The molecule has 1 aliphatic carbocycles. The average molecular weight is 266 g/mol. The first-order valence-electron chi connectivity index (χ1n) is 6.74. The number of aromatic nitrogens is 2. The minimum Gasteiger partial charge on any atom is -0.390 e. The lowest BCUT2D eigenvalue weighted by molar-refractivity contribution is 0.255. The van der Waals surface area contributed by atoms with Crippen molar-refractivity contribution in [2.45, 2.75) is 50.4 Å². The molecule has 18 heavy (non-hydrogen) atoms. The summed E-state index contributed by atoms with van der Waals surface area (Å²) in [6.07, 6.45) is 10.4. The summed E-state index contributed by atoms with van der Waals surface area (Å²) in [6.45, 7) is 4.83. The summed E-state index contributed by atoms with van der Waals surface area (Å²) in [5.74, 6) is 1.62. The highest BCUT2D eigenvalue weighted by Gasteiger charge is 2.17. The maximum absolute atomic E-state index is 9.40. The van der Waals surface area contributed by atoms with Crippen molar-refractivity contribution in [2.24, 2.45) is 5.92 Å². The molecule has 0 unspecified atom stereocenters. The van der Waals surface area contributed by atoms with E-state index in [1.165, 1.54) is 32.1 Å². The molecule has 0 saturated heterocycles. The van der Waals surface area contributed by atoms with Crippen LogP contribution < -0.4 is 0 Å². The summed E-state index contributed by atoms with van der Waals surface area (Å²) in [5, 5.41) is 10.4. The molecule has 1 N–H and O–H groups in total. The molecule has 0 aromatic carbocycles. The fraction of sp³-hybridized carbons (Fsp3) is 0.643. The summed E-state index contributed by atoms with van der Waals surface area (Å²) < 4.78 is 2.20. The lowest BCUT2D eigenvalue weighted by Gasteiger charge is -2.23. The van der Waals surface area contributed by atoms with Crippen molar-refractivity contribution in [1.29, 1.82) is 0 Å². The van der Waals surface area contributed by atoms with Gasteiger partial charge in [0.05, 0.1) is 18.5 Å². The molecule has 0 aliphatic heterocycles. The molecular formula is C14H22N2OS. The number of aliphatic hydroxyl groups is 1. The fourth-order valence-electron chi connectivity index (χ4n) is 2.59. The third-order valence-electron chi connectivity index (χ3n) is 3.56. The first-order valence-corrected chi connectivity index (χ1v) is 7.72. The number of hydrogen-bond donors (Lipinski definition) is 1. The van der Waals surface area contributed by atoms with Crippen molar-refractivity contribution >= 4 is 11.8 Å². The van der Waals surface area contributed by atoms with Gasteiger partial charge in [0.15, 0.2) is 5.16 Å². The standard InChI is InChI=1S/C14H22N2OS/c1-2-8-18-14-15-9-13(11-17)16(14)10-12-6-4-3-5-7-12/h2,9,12,17H,1,3-8,10-11H2. The topological polar surface area (TPSA) is 38.1 Å². The van der Waals surface area contributed by atoms with Crippen molar-refractivity contribution in [2.75, 3.05) is 5.75 Å². The normalized spacial score (nSPS) is 16.9.